The molecular weight excluding hydrogens is 284 g/mol. The van der Waals surface area contributed by atoms with E-state index in [2.05, 4.69) is 43.4 Å². The molecule has 3 nitrogen and oxygen atoms in total. The van der Waals surface area contributed by atoms with Gasteiger partial charge in [-0.1, -0.05) is 74.5 Å². The van der Waals surface area contributed by atoms with E-state index in [0.29, 0.717) is 6.04 Å². The zero-order valence-electron chi connectivity index (χ0n) is 13.6. The Hall–Kier alpha value is -2.39. The Morgan fingerprint density at radius 3 is 2.13 bits per heavy atom. The van der Waals surface area contributed by atoms with Gasteiger partial charge in [-0.2, -0.15) is 0 Å². The molecule has 118 valence electrons. The maximum Gasteiger partial charge on any atom is 0.196 e. The van der Waals surface area contributed by atoms with Gasteiger partial charge in [-0.05, 0) is 0 Å². The molecule has 23 heavy (non-hydrogen) atoms. The molecule has 0 aliphatic heterocycles. The van der Waals surface area contributed by atoms with Crippen LogP contribution in [0.4, 0.5) is 0 Å². The number of hydrogen-bond donors (Lipinski definition) is 1. The second-order valence-corrected chi connectivity index (χ2v) is 5.88. The average molecular weight is 306 g/mol. The Morgan fingerprint density at radius 1 is 0.913 bits per heavy atom. The van der Waals surface area contributed by atoms with Crippen LogP contribution in [0.3, 0.4) is 0 Å². The van der Waals surface area contributed by atoms with Crippen molar-refractivity contribution in [2.75, 3.05) is 6.54 Å². The molecule has 0 bridgehead atoms. The summed E-state index contributed by atoms with van der Waals surface area (Å²) in [7, 11) is 0. The molecule has 3 rings (SSSR count). The maximum absolute atomic E-state index is 6.09. The molecule has 0 spiro atoms. The molecule has 0 radical (unpaired) electrons. The lowest BCUT2D eigenvalue weighted by Crippen LogP contribution is -2.24. The van der Waals surface area contributed by atoms with E-state index in [-0.39, 0.29) is 0 Å². The Morgan fingerprint density at radius 2 is 1.52 bits per heavy atom. The highest BCUT2D eigenvalue weighted by molar-refractivity contribution is 5.76. The maximum atomic E-state index is 6.09. The monoisotopic (exact) mass is 306 g/mol. The third kappa shape index (κ3) is 3.88. The van der Waals surface area contributed by atoms with E-state index in [4.69, 9.17) is 9.40 Å². The summed E-state index contributed by atoms with van der Waals surface area (Å²) in [6, 6.07) is 20.8. The number of aromatic nitrogens is 1. The fourth-order valence-electron chi connectivity index (χ4n) is 2.52. The third-order valence-corrected chi connectivity index (χ3v) is 3.65. The zero-order chi connectivity index (χ0) is 16.1. The first-order valence-corrected chi connectivity index (χ1v) is 8.08. The van der Waals surface area contributed by atoms with Crippen molar-refractivity contribution in [3.8, 4) is 22.6 Å². The molecule has 1 aromatic heterocycles. The second-order valence-electron chi connectivity index (χ2n) is 5.88. The summed E-state index contributed by atoms with van der Waals surface area (Å²) in [5.41, 5.74) is 3.05. The summed E-state index contributed by atoms with van der Waals surface area (Å²) in [5.74, 6) is 1.62. The van der Waals surface area contributed by atoms with Crippen LogP contribution in [0.2, 0.25) is 0 Å². The van der Waals surface area contributed by atoms with E-state index in [1.165, 1.54) is 0 Å². The van der Waals surface area contributed by atoms with Crippen molar-refractivity contribution in [3.63, 3.8) is 0 Å². The summed E-state index contributed by atoms with van der Waals surface area (Å²) in [6.45, 7) is 5.14. The molecule has 0 saturated carbocycles. The lowest BCUT2D eigenvalue weighted by atomic mass is 10.1. The Labute approximate surface area is 137 Å². The van der Waals surface area contributed by atoms with Gasteiger partial charge < -0.3 is 9.73 Å². The van der Waals surface area contributed by atoms with Gasteiger partial charge in [-0.15, -0.1) is 0 Å². The average Bonchev–Trinajstić information content (AvgIpc) is 3.00. The van der Waals surface area contributed by atoms with Crippen LogP contribution >= 0.6 is 0 Å². The van der Waals surface area contributed by atoms with Crippen molar-refractivity contribution in [1.82, 2.24) is 10.3 Å². The summed E-state index contributed by atoms with van der Waals surface area (Å²) in [6.07, 6.45) is 0.783. The molecule has 0 aliphatic carbocycles. The summed E-state index contributed by atoms with van der Waals surface area (Å²) in [4.78, 5) is 4.75. The van der Waals surface area contributed by atoms with Crippen LogP contribution < -0.4 is 5.32 Å². The Bertz CT molecular complexity index is 676. The third-order valence-electron chi connectivity index (χ3n) is 3.65. The quantitative estimate of drug-likeness (QED) is 0.726. The fraction of sp³-hybridized carbons (Fsp3) is 0.250. The van der Waals surface area contributed by atoms with Crippen LogP contribution in [-0.2, 0) is 6.42 Å². The van der Waals surface area contributed by atoms with Crippen LogP contribution in [0.15, 0.2) is 65.1 Å². The molecule has 0 aliphatic rings. The van der Waals surface area contributed by atoms with Gasteiger partial charge in [0.2, 0.25) is 0 Å². The lowest BCUT2D eigenvalue weighted by Gasteiger charge is -2.05. The van der Waals surface area contributed by atoms with E-state index < -0.39 is 0 Å². The van der Waals surface area contributed by atoms with Crippen molar-refractivity contribution < 1.29 is 4.42 Å². The minimum absolute atomic E-state index is 0.465. The number of hydrogen-bond acceptors (Lipinski definition) is 3. The Kier molecular flexibility index (Phi) is 4.89. The van der Waals surface area contributed by atoms with Crippen molar-refractivity contribution in [1.29, 1.82) is 0 Å². The first-order valence-electron chi connectivity index (χ1n) is 8.08. The minimum Gasteiger partial charge on any atom is -0.440 e. The van der Waals surface area contributed by atoms with Gasteiger partial charge >= 0.3 is 0 Å². The molecule has 0 fully saturated rings. The number of benzene rings is 2. The van der Waals surface area contributed by atoms with Crippen LogP contribution in [0.1, 0.15) is 19.7 Å². The molecule has 2 aromatic carbocycles. The first kappa shape index (κ1) is 15.5. The van der Waals surface area contributed by atoms with Crippen molar-refractivity contribution >= 4 is 0 Å². The molecule has 0 unspecified atom stereocenters. The van der Waals surface area contributed by atoms with Crippen LogP contribution in [-0.4, -0.2) is 17.6 Å². The van der Waals surface area contributed by atoms with Crippen LogP contribution in [0.5, 0.6) is 0 Å². The van der Waals surface area contributed by atoms with Gasteiger partial charge in [0.05, 0.1) is 0 Å². The SMILES string of the molecule is CC(C)NCCc1nc(-c2ccccc2)c(-c2ccccc2)o1. The number of nitrogens with zero attached hydrogens (tertiary/aromatic N) is 1. The van der Waals surface area contributed by atoms with E-state index >= 15 is 0 Å². The molecule has 0 amide bonds. The molecule has 3 heteroatoms. The van der Waals surface area contributed by atoms with Gasteiger partial charge in [0.15, 0.2) is 11.7 Å². The molecule has 1 heterocycles. The highest BCUT2D eigenvalue weighted by Crippen LogP contribution is 2.32. The summed E-state index contributed by atoms with van der Waals surface area (Å²) in [5, 5.41) is 3.40. The molecule has 0 saturated heterocycles. The van der Waals surface area contributed by atoms with E-state index in [1.807, 2.05) is 36.4 Å². The number of oxazole rings is 1. The zero-order valence-corrected chi connectivity index (χ0v) is 13.6. The van der Waals surface area contributed by atoms with Gasteiger partial charge in [-0.3, -0.25) is 0 Å². The highest BCUT2D eigenvalue weighted by Gasteiger charge is 2.16. The van der Waals surface area contributed by atoms with Crippen molar-refractivity contribution in [2.24, 2.45) is 0 Å². The van der Waals surface area contributed by atoms with E-state index in [9.17, 15) is 0 Å². The molecule has 3 aromatic rings. The first-order chi connectivity index (χ1) is 11.2. The smallest absolute Gasteiger partial charge is 0.196 e. The number of nitrogens with one attached hydrogen (secondary N) is 1. The molecule has 0 atom stereocenters. The van der Waals surface area contributed by atoms with E-state index in [1.54, 1.807) is 0 Å². The van der Waals surface area contributed by atoms with Gasteiger partial charge in [0, 0.05) is 30.1 Å². The normalized spacial score (nSPS) is 11.1. The highest BCUT2D eigenvalue weighted by atomic mass is 16.4. The molecule has 1 N–H and O–H groups in total. The number of rotatable bonds is 6. The lowest BCUT2D eigenvalue weighted by molar-refractivity contribution is 0.485. The van der Waals surface area contributed by atoms with Crippen molar-refractivity contribution in [2.45, 2.75) is 26.3 Å². The van der Waals surface area contributed by atoms with Crippen molar-refractivity contribution in [3.05, 3.63) is 66.6 Å². The predicted molar refractivity (Wildman–Crippen MR) is 94.2 cm³/mol. The van der Waals surface area contributed by atoms with Crippen LogP contribution in [0.25, 0.3) is 22.6 Å². The fourth-order valence-corrected chi connectivity index (χ4v) is 2.52. The van der Waals surface area contributed by atoms with Gasteiger partial charge in [-0.25, -0.2) is 4.98 Å². The summed E-state index contributed by atoms with van der Waals surface area (Å²) >= 11 is 0. The topological polar surface area (TPSA) is 38.1 Å². The standard InChI is InChI=1S/C20H22N2O/c1-15(2)21-14-13-18-22-19(16-9-5-3-6-10-16)20(23-18)17-11-7-4-8-12-17/h3-12,15,21H,13-14H2,1-2H3. The van der Waals surface area contributed by atoms with Crippen LogP contribution in [0, 0.1) is 0 Å². The predicted octanol–water partition coefficient (Wildman–Crippen LogP) is 4.55. The van der Waals surface area contributed by atoms with E-state index in [0.717, 1.165) is 41.4 Å². The van der Waals surface area contributed by atoms with Gasteiger partial charge in [0.1, 0.15) is 5.69 Å². The Balaban J connectivity index is 1.94. The minimum atomic E-state index is 0.465. The summed E-state index contributed by atoms with van der Waals surface area (Å²) < 4.78 is 6.09. The largest absolute Gasteiger partial charge is 0.440 e. The second kappa shape index (κ2) is 7.25. The van der Waals surface area contributed by atoms with Gasteiger partial charge in [0.25, 0.3) is 0 Å². The molecular formula is C20H22N2O.